The molecule has 5 heterocycles. The standard InChI is InChI=1S/C29H23FN8/c1-16(17-3-2-4-17)33-21-13-19(14-31-15-21)23-9-10-24-26(34-23)27(38-37-24)29-35-25-22(11-12-32-28(25)36-29)18-5-7-20(30)8-6-18/h5-15,17,33H,1-4H2,(H,37,38)(H,32,35,36). The van der Waals surface area contributed by atoms with Crippen LogP contribution in [0, 0.1) is 11.7 Å². The van der Waals surface area contributed by atoms with E-state index in [0.717, 1.165) is 44.8 Å². The van der Waals surface area contributed by atoms with Crippen molar-refractivity contribution in [1.82, 2.24) is 35.1 Å². The molecule has 3 N–H and O–H groups in total. The Morgan fingerprint density at radius 2 is 1.87 bits per heavy atom. The number of aromatic amines is 2. The highest BCUT2D eigenvalue weighted by Gasteiger charge is 2.21. The second-order valence-corrected chi connectivity index (χ2v) is 9.55. The lowest BCUT2D eigenvalue weighted by atomic mass is 9.83. The van der Waals surface area contributed by atoms with E-state index in [-0.39, 0.29) is 5.82 Å². The van der Waals surface area contributed by atoms with E-state index < -0.39 is 0 Å². The minimum atomic E-state index is -0.283. The zero-order chi connectivity index (χ0) is 25.6. The van der Waals surface area contributed by atoms with Crippen molar-refractivity contribution in [1.29, 1.82) is 0 Å². The number of benzene rings is 1. The highest BCUT2D eigenvalue weighted by molar-refractivity contribution is 5.95. The van der Waals surface area contributed by atoms with Gasteiger partial charge in [-0.2, -0.15) is 5.10 Å². The van der Waals surface area contributed by atoms with Gasteiger partial charge in [-0.25, -0.2) is 19.3 Å². The number of rotatable bonds is 6. The maximum atomic E-state index is 13.5. The molecule has 9 heteroatoms. The third-order valence-corrected chi connectivity index (χ3v) is 7.12. The molecule has 1 aliphatic carbocycles. The lowest BCUT2D eigenvalue weighted by molar-refractivity contribution is 0.371. The molecular formula is C29H23FN8. The molecule has 0 unspecified atom stereocenters. The molecule has 5 aromatic heterocycles. The van der Waals surface area contributed by atoms with Crippen molar-refractivity contribution in [3.8, 4) is 33.9 Å². The molecule has 0 radical (unpaired) electrons. The Morgan fingerprint density at radius 3 is 2.68 bits per heavy atom. The third kappa shape index (κ3) is 3.88. The van der Waals surface area contributed by atoms with E-state index in [1.807, 2.05) is 24.3 Å². The van der Waals surface area contributed by atoms with Gasteiger partial charge in [0.15, 0.2) is 17.2 Å². The van der Waals surface area contributed by atoms with Crippen molar-refractivity contribution in [3.63, 3.8) is 0 Å². The number of aromatic nitrogens is 7. The molecule has 1 fully saturated rings. The average Bonchev–Trinajstić information content (AvgIpc) is 3.52. The van der Waals surface area contributed by atoms with Crippen molar-refractivity contribution in [2.24, 2.45) is 5.92 Å². The summed E-state index contributed by atoms with van der Waals surface area (Å²) >= 11 is 0. The number of nitrogens with one attached hydrogen (secondary N) is 3. The number of allylic oxidation sites excluding steroid dienone is 1. The number of pyridine rings is 3. The van der Waals surface area contributed by atoms with Crippen LogP contribution in [0.15, 0.2) is 79.4 Å². The molecule has 0 amide bonds. The Bertz CT molecular complexity index is 1810. The van der Waals surface area contributed by atoms with Crippen LogP contribution in [0.4, 0.5) is 10.1 Å². The van der Waals surface area contributed by atoms with Gasteiger partial charge >= 0.3 is 0 Å². The molecule has 0 spiro atoms. The first kappa shape index (κ1) is 22.3. The summed E-state index contributed by atoms with van der Waals surface area (Å²) in [6.07, 6.45) is 8.92. The van der Waals surface area contributed by atoms with Gasteiger partial charge in [0.1, 0.15) is 11.3 Å². The van der Waals surface area contributed by atoms with E-state index in [0.29, 0.717) is 28.6 Å². The van der Waals surface area contributed by atoms with Crippen molar-refractivity contribution < 1.29 is 4.39 Å². The molecule has 6 aromatic rings. The predicted molar refractivity (Wildman–Crippen MR) is 146 cm³/mol. The Balaban J connectivity index is 1.26. The number of H-pyrrole nitrogens is 2. The quantitative estimate of drug-likeness (QED) is 0.240. The van der Waals surface area contributed by atoms with Crippen LogP contribution in [0.3, 0.4) is 0 Å². The molecule has 1 aliphatic rings. The van der Waals surface area contributed by atoms with Crippen LogP contribution < -0.4 is 5.32 Å². The maximum Gasteiger partial charge on any atom is 0.178 e. The Hall–Kier alpha value is -4.92. The van der Waals surface area contributed by atoms with Crippen molar-refractivity contribution in [2.75, 3.05) is 5.32 Å². The van der Waals surface area contributed by atoms with Gasteiger partial charge in [-0.1, -0.05) is 25.1 Å². The van der Waals surface area contributed by atoms with Crippen LogP contribution in [-0.4, -0.2) is 35.1 Å². The Morgan fingerprint density at radius 1 is 1.00 bits per heavy atom. The summed E-state index contributed by atoms with van der Waals surface area (Å²) in [6.45, 7) is 4.20. The van der Waals surface area contributed by atoms with Crippen LogP contribution >= 0.6 is 0 Å². The normalized spacial score (nSPS) is 13.6. The van der Waals surface area contributed by atoms with E-state index in [1.54, 1.807) is 30.7 Å². The summed E-state index contributed by atoms with van der Waals surface area (Å²) in [5, 5.41) is 11.0. The summed E-state index contributed by atoms with van der Waals surface area (Å²) in [6, 6.07) is 14.2. The van der Waals surface area contributed by atoms with Gasteiger partial charge in [0, 0.05) is 29.2 Å². The maximum absolute atomic E-state index is 13.5. The topological polar surface area (TPSA) is 108 Å². The molecular weight excluding hydrogens is 479 g/mol. The summed E-state index contributed by atoms with van der Waals surface area (Å²) in [5.74, 6) is 0.792. The molecule has 38 heavy (non-hydrogen) atoms. The zero-order valence-corrected chi connectivity index (χ0v) is 20.4. The molecule has 186 valence electrons. The minimum absolute atomic E-state index is 0.283. The molecule has 1 saturated carbocycles. The fourth-order valence-electron chi connectivity index (χ4n) is 4.81. The van der Waals surface area contributed by atoms with Gasteiger partial charge in [0.05, 0.1) is 28.6 Å². The van der Waals surface area contributed by atoms with Gasteiger partial charge in [-0.3, -0.25) is 10.1 Å². The van der Waals surface area contributed by atoms with E-state index in [1.165, 1.54) is 31.4 Å². The second kappa shape index (κ2) is 8.88. The van der Waals surface area contributed by atoms with Crippen molar-refractivity contribution in [3.05, 3.63) is 85.2 Å². The first-order chi connectivity index (χ1) is 18.6. The first-order valence-corrected chi connectivity index (χ1v) is 12.5. The number of fused-ring (bicyclic) bond motifs is 2. The summed E-state index contributed by atoms with van der Waals surface area (Å²) in [7, 11) is 0. The van der Waals surface area contributed by atoms with Crippen molar-refractivity contribution >= 4 is 27.9 Å². The minimum Gasteiger partial charge on any atom is -0.358 e. The summed E-state index contributed by atoms with van der Waals surface area (Å²) in [4.78, 5) is 21.8. The van der Waals surface area contributed by atoms with E-state index >= 15 is 0 Å². The number of hydrogen-bond acceptors (Lipinski definition) is 6. The SMILES string of the molecule is C=C(Nc1cncc(-c2ccc3[nH]nc(-c4nc5nccc(-c6ccc(F)cc6)c5[nH]4)c3n2)c1)C1CCC1. The van der Waals surface area contributed by atoms with Crippen molar-refractivity contribution in [2.45, 2.75) is 19.3 Å². The molecule has 7 rings (SSSR count). The summed E-state index contributed by atoms with van der Waals surface area (Å²) < 4.78 is 13.5. The van der Waals surface area contributed by atoms with Gasteiger partial charge < -0.3 is 10.3 Å². The molecule has 0 bridgehead atoms. The van der Waals surface area contributed by atoms with Gasteiger partial charge in [0.2, 0.25) is 0 Å². The Labute approximate surface area is 217 Å². The number of anilines is 1. The second-order valence-electron chi connectivity index (χ2n) is 9.55. The van der Waals surface area contributed by atoms with Crippen LogP contribution in [-0.2, 0) is 0 Å². The third-order valence-electron chi connectivity index (χ3n) is 7.12. The monoisotopic (exact) mass is 502 g/mol. The molecule has 0 aliphatic heterocycles. The number of imidazole rings is 1. The lowest BCUT2D eigenvalue weighted by Gasteiger charge is -2.28. The van der Waals surface area contributed by atoms with E-state index in [4.69, 9.17) is 9.97 Å². The smallest absolute Gasteiger partial charge is 0.178 e. The average molecular weight is 503 g/mol. The highest BCUT2D eigenvalue weighted by Crippen LogP contribution is 2.34. The number of halogens is 1. The summed E-state index contributed by atoms with van der Waals surface area (Å²) in [5.41, 5.74) is 8.68. The molecule has 0 saturated heterocycles. The number of nitrogens with zero attached hydrogens (tertiary/aromatic N) is 5. The van der Waals surface area contributed by atoms with Crippen LogP contribution in [0.5, 0.6) is 0 Å². The largest absolute Gasteiger partial charge is 0.358 e. The van der Waals surface area contributed by atoms with Gasteiger partial charge in [0.25, 0.3) is 0 Å². The first-order valence-electron chi connectivity index (χ1n) is 12.5. The molecule has 8 nitrogen and oxygen atoms in total. The lowest BCUT2D eigenvalue weighted by Crippen LogP contribution is -2.18. The van der Waals surface area contributed by atoms with Crippen LogP contribution in [0.25, 0.3) is 56.1 Å². The van der Waals surface area contributed by atoms with E-state index in [9.17, 15) is 4.39 Å². The fourth-order valence-corrected chi connectivity index (χ4v) is 4.81. The van der Waals surface area contributed by atoms with Crippen LogP contribution in [0.2, 0.25) is 0 Å². The van der Waals surface area contributed by atoms with E-state index in [2.05, 4.69) is 37.0 Å². The molecule has 1 aromatic carbocycles. The van der Waals surface area contributed by atoms with Crippen LogP contribution in [0.1, 0.15) is 19.3 Å². The van der Waals surface area contributed by atoms with Gasteiger partial charge in [-0.05, 0) is 60.7 Å². The zero-order valence-electron chi connectivity index (χ0n) is 20.4. The van der Waals surface area contributed by atoms with Gasteiger partial charge in [-0.15, -0.1) is 0 Å². The fraction of sp³-hybridized carbons (Fsp3) is 0.138. The molecule has 0 atom stereocenters. The predicted octanol–water partition coefficient (Wildman–Crippen LogP) is 6.49. The highest BCUT2D eigenvalue weighted by atomic mass is 19.1. The Kier molecular flexibility index (Phi) is 5.21. The number of hydrogen-bond donors (Lipinski definition) is 3.